The van der Waals surface area contributed by atoms with E-state index in [1.54, 1.807) is 6.92 Å². The Kier molecular flexibility index (Phi) is 9.71. The number of hydrogen-bond donors (Lipinski definition) is 1. The molecule has 0 spiro atoms. The predicted octanol–water partition coefficient (Wildman–Crippen LogP) is 3.87. The molecule has 7 nitrogen and oxygen atoms in total. The van der Waals surface area contributed by atoms with Crippen LogP contribution in [0.15, 0.2) is 59.5 Å². The first-order valence-corrected chi connectivity index (χ1v) is 13.9. The van der Waals surface area contributed by atoms with Crippen molar-refractivity contribution in [2.24, 2.45) is 0 Å². The first-order chi connectivity index (χ1) is 16.7. The Hall–Kier alpha value is -2.42. The van der Waals surface area contributed by atoms with E-state index in [2.05, 4.69) is 5.32 Å². The van der Waals surface area contributed by atoms with Crippen LogP contribution in [0, 0.1) is 0 Å². The summed E-state index contributed by atoms with van der Waals surface area (Å²) in [4.78, 5) is 28.0. The summed E-state index contributed by atoms with van der Waals surface area (Å²) in [5.74, 6) is -0.631. The molecular weight excluding hydrogens is 486 g/mol. The van der Waals surface area contributed by atoms with Gasteiger partial charge in [0.1, 0.15) is 6.04 Å². The van der Waals surface area contributed by atoms with Crippen LogP contribution >= 0.6 is 11.6 Å². The summed E-state index contributed by atoms with van der Waals surface area (Å²) in [6.45, 7) is 1.63. The molecule has 0 radical (unpaired) electrons. The molecule has 1 fully saturated rings. The predicted molar refractivity (Wildman–Crippen MR) is 138 cm³/mol. The van der Waals surface area contributed by atoms with Crippen molar-refractivity contribution < 1.29 is 18.0 Å². The Bertz CT molecular complexity index is 1090. The molecule has 2 aromatic rings. The first kappa shape index (κ1) is 27.2. The number of carbonyl (C=O) groups is 2. The van der Waals surface area contributed by atoms with E-state index in [-0.39, 0.29) is 23.4 Å². The van der Waals surface area contributed by atoms with Crippen molar-refractivity contribution in [1.29, 1.82) is 0 Å². The molecular formula is C26H34ClN3O4S. The van der Waals surface area contributed by atoms with E-state index in [4.69, 9.17) is 11.6 Å². The summed E-state index contributed by atoms with van der Waals surface area (Å²) in [7, 11) is -2.53. The largest absolute Gasteiger partial charge is 0.352 e. The molecule has 0 bridgehead atoms. The average molecular weight is 520 g/mol. The van der Waals surface area contributed by atoms with Crippen LogP contribution in [0.5, 0.6) is 0 Å². The first-order valence-electron chi connectivity index (χ1n) is 12.0. The van der Waals surface area contributed by atoms with E-state index in [0.29, 0.717) is 18.0 Å². The van der Waals surface area contributed by atoms with Crippen molar-refractivity contribution in [3.8, 4) is 0 Å². The molecule has 1 saturated carbocycles. The van der Waals surface area contributed by atoms with Gasteiger partial charge in [0, 0.05) is 24.7 Å². The number of carbonyl (C=O) groups excluding carboxylic acids is 2. The summed E-state index contributed by atoms with van der Waals surface area (Å²) in [5.41, 5.74) is 1.03. The molecule has 0 aromatic heterocycles. The fourth-order valence-corrected chi connectivity index (χ4v) is 5.54. The maximum Gasteiger partial charge on any atom is 0.243 e. The summed E-state index contributed by atoms with van der Waals surface area (Å²) in [6.07, 6.45) is 5.79. The fraction of sp³-hybridized carbons (Fsp3) is 0.462. The number of halogens is 1. The van der Waals surface area contributed by atoms with Crippen LogP contribution in [0.25, 0.3) is 0 Å². The van der Waals surface area contributed by atoms with Gasteiger partial charge in [-0.3, -0.25) is 9.59 Å². The third-order valence-electron chi connectivity index (χ3n) is 6.48. The number of nitrogens with one attached hydrogen (secondary N) is 1. The minimum Gasteiger partial charge on any atom is -0.352 e. The average Bonchev–Trinajstić information content (AvgIpc) is 2.85. The van der Waals surface area contributed by atoms with E-state index < -0.39 is 22.0 Å². The second kappa shape index (κ2) is 12.5. The van der Waals surface area contributed by atoms with Gasteiger partial charge in [-0.15, -0.1) is 0 Å². The van der Waals surface area contributed by atoms with Gasteiger partial charge in [-0.1, -0.05) is 61.2 Å². The maximum absolute atomic E-state index is 13.4. The molecule has 1 N–H and O–H groups in total. The molecule has 1 aliphatic rings. The van der Waals surface area contributed by atoms with E-state index in [0.717, 1.165) is 35.6 Å². The highest BCUT2D eigenvalue weighted by molar-refractivity contribution is 7.89. The summed E-state index contributed by atoms with van der Waals surface area (Å²) < 4.78 is 27.0. The monoisotopic (exact) mass is 519 g/mol. The van der Waals surface area contributed by atoms with E-state index in [1.165, 1.54) is 42.6 Å². The molecule has 0 heterocycles. The molecule has 190 valence electrons. The van der Waals surface area contributed by atoms with Gasteiger partial charge in [0.15, 0.2) is 0 Å². The van der Waals surface area contributed by atoms with Gasteiger partial charge >= 0.3 is 0 Å². The van der Waals surface area contributed by atoms with E-state index >= 15 is 0 Å². The summed E-state index contributed by atoms with van der Waals surface area (Å²) in [6, 6.07) is 14.9. The highest BCUT2D eigenvalue weighted by Crippen LogP contribution is 2.19. The van der Waals surface area contributed by atoms with Gasteiger partial charge < -0.3 is 10.2 Å². The van der Waals surface area contributed by atoms with Crippen molar-refractivity contribution in [2.75, 3.05) is 20.1 Å². The summed E-state index contributed by atoms with van der Waals surface area (Å²) in [5, 5.41) is 3.51. The van der Waals surface area contributed by atoms with Crippen LogP contribution < -0.4 is 5.32 Å². The van der Waals surface area contributed by atoms with Gasteiger partial charge in [-0.25, -0.2) is 8.42 Å². The lowest BCUT2D eigenvalue weighted by atomic mass is 9.95. The molecule has 35 heavy (non-hydrogen) atoms. The van der Waals surface area contributed by atoms with Gasteiger partial charge in [0.25, 0.3) is 0 Å². The highest BCUT2D eigenvalue weighted by atomic mass is 35.5. The minimum atomic E-state index is -3.89. The van der Waals surface area contributed by atoms with Crippen molar-refractivity contribution in [3.05, 3.63) is 65.2 Å². The molecule has 2 aromatic carbocycles. The SMILES string of the molecule is CC(C(=O)NC1CCCCC1)N(CCc1ccccc1)C(=O)CN(C)S(=O)(=O)c1ccc(Cl)cc1. The normalized spacial score (nSPS) is 15.5. The lowest BCUT2D eigenvalue weighted by molar-refractivity contribution is -0.140. The smallest absolute Gasteiger partial charge is 0.243 e. The number of amides is 2. The zero-order valence-electron chi connectivity index (χ0n) is 20.3. The van der Waals surface area contributed by atoms with Crippen LogP contribution in [0.3, 0.4) is 0 Å². The number of nitrogens with zero attached hydrogens (tertiary/aromatic N) is 2. The topological polar surface area (TPSA) is 86.8 Å². The summed E-state index contributed by atoms with van der Waals surface area (Å²) >= 11 is 5.88. The van der Waals surface area contributed by atoms with Crippen molar-refractivity contribution >= 4 is 33.4 Å². The van der Waals surface area contributed by atoms with Crippen LogP contribution in [-0.2, 0) is 26.0 Å². The molecule has 9 heteroatoms. The molecule has 0 aliphatic heterocycles. The van der Waals surface area contributed by atoms with Crippen LogP contribution in [-0.4, -0.2) is 61.7 Å². The molecule has 1 aliphatic carbocycles. The van der Waals surface area contributed by atoms with Crippen molar-refractivity contribution in [1.82, 2.24) is 14.5 Å². The van der Waals surface area contributed by atoms with E-state index in [9.17, 15) is 18.0 Å². The minimum absolute atomic E-state index is 0.0520. The Morgan fingerprint density at radius 2 is 1.66 bits per heavy atom. The molecule has 1 atom stereocenters. The second-order valence-corrected chi connectivity index (χ2v) is 11.5. The zero-order chi connectivity index (χ0) is 25.4. The third-order valence-corrected chi connectivity index (χ3v) is 8.55. The molecule has 3 rings (SSSR count). The Labute approximate surface area is 213 Å². The maximum atomic E-state index is 13.4. The van der Waals surface area contributed by atoms with Gasteiger partial charge in [-0.2, -0.15) is 4.31 Å². The Balaban J connectivity index is 1.73. The highest BCUT2D eigenvalue weighted by Gasteiger charge is 2.31. The Morgan fingerprint density at radius 1 is 1.03 bits per heavy atom. The lowest BCUT2D eigenvalue weighted by Gasteiger charge is -2.32. The fourth-order valence-electron chi connectivity index (χ4n) is 4.29. The number of hydrogen-bond acceptors (Lipinski definition) is 4. The van der Waals surface area contributed by atoms with Crippen molar-refractivity contribution in [2.45, 2.75) is 62.4 Å². The standard InChI is InChI=1S/C26H34ClN3O4S/c1-20(26(32)28-23-11-7-4-8-12-23)30(18-17-21-9-5-3-6-10-21)25(31)19-29(2)35(33,34)24-15-13-22(27)14-16-24/h3,5-6,9-10,13-16,20,23H,4,7-8,11-12,17-19H2,1-2H3,(H,28,32). The Morgan fingerprint density at radius 3 is 2.29 bits per heavy atom. The lowest BCUT2D eigenvalue weighted by Crippen LogP contribution is -2.53. The van der Waals surface area contributed by atoms with Crippen molar-refractivity contribution in [3.63, 3.8) is 0 Å². The number of sulfonamides is 1. The van der Waals surface area contributed by atoms with Gasteiger partial charge in [-0.05, 0) is 56.0 Å². The van der Waals surface area contributed by atoms with Crippen LogP contribution in [0.4, 0.5) is 0 Å². The third kappa shape index (κ3) is 7.53. The molecule has 1 unspecified atom stereocenters. The zero-order valence-corrected chi connectivity index (χ0v) is 21.9. The van der Waals surface area contributed by atoms with E-state index in [1.807, 2.05) is 30.3 Å². The van der Waals surface area contributed by atoms with Crippen LogP contribution in [0.2, 0.25) is 5.02 Å². The number of likely N-dealkylation sites (N-methyl/N-ethyl adjacent to an activating group) is 1. The number of rotatable bonds is 10. The molecule has 2 amide bonds. The second-order valence-electron chi connectivity index (χ2n) is 9.06. The van der Waals surface area contributed by atoms with Gasteiger partial charge in [0.2, 0.25) is 21.8 Å². The van der Waals surface area contributed by atoms with Crippen LogP contribution in [0.1, 0.15) is 44.6 Å². The quantitative estimate of drug-likeness (QED) is 0.516. The molecule has 0 saturated heterocycles. The van der Waals surface area contributed by atoms with Gasteiger partial charge in [0.05, 0.1) is 11.4 Å². The number of benzene rings is 2.